The lowest BCUT2D eigenvalue weighted by molar-refractivity contribution is -0.134. The molecule has 110 valence electrons. The van der Waals surface area contributed by atoms with E-state index >= 15 is 0 Å². The lowest BCUT2D eigenvalue weighted by Crippen LogP contribution is -2.36. The molecule has 19 heavy (non-hydrogen) atoms. The van der Waals surface area contributed by atoms with Crippen LogP contribution in [0.15, 0.2) is 5.29 Å². The zero-order chi connectivity index (χ0) is 14.5. The standard InChI is InChI=1S/C7H14N4O7S/c1-17-10(9-13)4-2-3-6-5-8-7(12)11(6)18-19(14,15)16/h6H,2-5H2,1H3,(H,8,12)(H,14,15,16). The van der Waals surface area contributed by atoms with Crippen LogP contribution in [-0.2, 0) is 19.5 Å². The smallest absolute Gasteiger partial charge is 0.334 e. The minimum Gasteiger partial charge on any atom is -0.334 e. The van der Waals surface area contributed by atoms with Crippen LogP contribution in [0.1, 0.15) is 12.8 Å². The minimum atomic E-state index is -4.76. The van der Waals surface area contributed by atoms with Crippen molar-refractivity contribution in [1.29, 1.82) is 0 Å². The fourth-order valence-electron chi connectivity index (χ4n) is 1.57. The highest BCUT2D eigenvalue weighted by molar-refractivity contribution is 7.80. The van der Waals surface area contributed by atoms with Crippen LogP contribution >= 0.6 is 0 Å². The van der Waals surface area contributed by atoms with E-state index in [1.165, 1.54) is 7.11 Å². The van der Waals surface area contributed by atoms with E-state index in [9.17, 15) is 18.1 Å². The highest BCUT2D eigenvalue weighted by atomic mass is 32.3. The Morgan fingerprint density at radius 2 is 2.32 bits per heavy atom. The van der Waals surface area contributed by atoms with E-state index in [0.29, 0.717) is 17.9 Å². The SMILES string of the molecule is CON(CCCC1CNC(=O)N1OS(=O)(=O)O)N=O. The van der Waals surface area contributed by atoms with Crippen molar-refractivity contribution in [3.05, 3.63) is 4.91 Å². The fraction of sp³-hybridized carbons (Fsp3) is 0.857. The minimum absolute atomic E-state index is 0.163. The molecule has 2 amide bonds. The molecule has 0 aromatic heterocycles. The number of amides is 2. The van der Waals surface area contributed by atoms with Crippen molar-refractivity contribution >= 4 is 16.4 Å². The number of nitroso groups, excluding NO2 is 1. The molecule has 1 fully saturated rings. The lowest BCUT2D eigenvalue weighted by Gasteiger charge is -2.20. The largest absolute Gasteiger partial charge is 0.418 e. The van der Waals surface area contributed by atoms with Crippen molar-refractivity contribution in [2.45, 2.75) is 18.9 Å². The van der Waals surface area contributed by atoms with Gasteiger partial charge in [-0.3, -0.25) is 9.39 Å². The van der Waals surface area contributed by atoms with Crippen LogP contribution in [0.25, 0.3) is 0 Å². The average Bonchev–Trinajstić information content (AvgIpc) is 2.65. The molecule has 2 N–H and O–H groups in total. The lowest BCUT2D eigenvalue weighted by atomic mass is 10.1. The van der Waals surface area contributed by atoms with Gasteiger partial charge in [-0.2, -0.15) is 13.5 Å². The van der Waals surface area contributed by atoms with Gasteiger partial charge in [-0.05, 0) is 12.8 Å². The normalized spacial score (nSPS) is 19.4. The second-order valence-corrected chi connectivity index (χ2v) is 4.65. The van der Waals surface area contributed by atoms with E-state index in [2.05, 4.69) is 19.7 Å². The Hall–Kier alpha value is -1.50. The van der Waals surface area contributed by atoms with Gasteiger partial charge < -0.3 is 5.32 Å². The summed E-state index contributed by atoms with van der Waals surface area (Å²) in [5, 5.41) is 6.27. The summed E-state index contributed by atoms with van der Waals surface area (Å²) >= 11 is 0. The van der Waals surface area contributed by atoms with Crippen LogP contribution in [0.4, 0.5) is 4.79 Å². The van der Waals surface area contributed by atoms with Crippen molar-refractivity contribution in [3.8, 4) is 0 Å². The summed E-state index contributed by atoms with van der Waals surface area (Å²) in [6.07, 6.45) is 0.716. The van der Waals surface area contributed by atoms with E-state index < -0.39 is 22.5 Å². The van der Waals surface area contributed by atoms with Crippen molar-refractivity contribution in [2.24, 2.45) is 5.29 Å². The van der Waals surface area contributed by atoms with E-state index in [-0.39, 0.29) is 13.1 Å². The van der Waals surface area contributed by atoms with Crippen molar-refractivity contribution < 1.29 is 26.9 Å². The molecule has 0 radical (unpaired) electrons. The first-order valence-corrected chi connectivity index (χ1v) is 6.63. The molecule has 11 nitrogen and oxygen atoms in total. The van der Waals surface area contributed by atoms with Gasteiger partial charge in [-0.25, -0.2) is 4.79 Å². The predicted molar refractivity (Wildman–Crippen MR) is 60.4 cm³/mol. The van der Waals surface area contributed by atoms with Gasteiger partial charge in [0.05, 0.1) is 25.0 Å². The molecule has 1 heterocycles. The Kier molecular flexibility index (Phi) is 5.41. The highest BCUT2D eigenvalue weighted by Gasteiger charge is 2.34. The summed E-state index contributed by atoms with van der Waals surface area (Å²) in [5.74, 6) is 0. The maximum absolute atomic E-state index is 11.3. The summed E-state index contributed by atoms with van der Waals surface area (Å²) < 4.78 is 33.9. The van der Waals surface area contributed by atoms with Crippen molar-refractivity contribution in [1.82, 2.24) is 15.6 Å². The fourth-order valence-corrected chi connectivity index (χ4v) is 1.97. The second-order valence-electron chi connectivity index (χ2n) is 3.65. The molecule has 0 saturated carbocycles. The van der Waals surface area contributed by atoms with E-state index in [1.54, 1.807) is 0 Å². The molecule has 0 aromatic carbocycles. The van der Waals surface area contributed by atoms with Crippen LogP contribution in [-0.4, -0.2) is 55.5 Å². The zero-order valence-electron chi connectivity index (χ0n) is 10.1. The van der Waals surface area contributed by atoms with Crippen LogP contribution < -0.4 is 5.32 Å². The quantitative estimate of drug-likeness (QED) is 0.345. The van der Waals surface area contributed by atoms with Gasteiger partial charge in [0.1, 0.15) is 0 Å². The number of hydroxylamine groups is 3. The monoisotopic (exact) mass is 298 g/mol. The maximum atomic E-state index is 11.3. The molecule has 1 unspecified atom stereocenters. The molecule has 1 saturated heterocycles. The maximum Gasteiger partial charge on any atom is 0.418 e. The van der Waals surface area contributed by atoms with E-state index in [0.717, 1.165) is 5.17 Å². The second kappa shape index (κ2) is 6.60. The highest BCUT2D eigenvalue weighted by Crippen LogP contribution is 2.15. The summed E-state index contributed by atoms with van der Waals surface area (Å²) in [6.45, 7) is 0.334. The Bertz CT molecular complexity index is 427. The Labute approximate surface area is 109 Å². The van der Waals surface area contributed by atoms with Gasteiger partial charge in [0, 0.05) is 6.54 Å². The van der Waals surface area contributed by atoms with Gasteiger partial charge >= 0.3 is 16.4 Å². The molecule has 0 aliphatic carbocycles. The Morgan fingerprint density at radius 3 is 2.84 bits per heavy atom. The van der Waals surface area contributed by atoms with E-state index in [1.807, 2.05) is 0 Å². The molecule has 0 spiro atoms. The molecule has 1 aliphatic heterocycles. The van der Waals surface area contributed by atoms with Gasteiger partial charge in [-0.15, -0.1) is 14.4 Å². The number of hydrogen-bond acceptors (Lipinski definition) is 7. The van der Waals surface area contributed by atoms with Crippen molar-refractivity contribution in [3.63, 3.8) is 0 Å². The summed E-state index contributed by atoms with van der Waals surface area (Å²) in [7, 11) is -3.49. The molecular formula is C7H14N4O7S. The van der Waals surface area contributed by atoms with Crippen LogP contribution in [0.2, 0.25) is 0 Å². The third kappa shape index (κ3) is 4.94. The number of carbonyl (C=O) groups is 1. The number of carbonyl (C=O) groups excluding carboxylic acids is 1. The zero-order valence-corrected chi connectivity index (χ0v) is 10.9. The molecule has 1 atom stereocenters. The van der Waals surface area contributed by atoms with Gasteiger partial charge in [0.2, 0.25) is 0 Å². The van der Waals surface area contributed by atoms with Crippen LogP contribution in [0.5, 0.6) is 0 Å². The third-order valence-electron chi connectivity index (χ3n) is 2.38. The topological polar surface area (TPSA) is 138 Å². The number of urea groups is 1. The number of rotatable bonds is 8. The van der Waals surface area contributed by atoms with Crippen LogP contribution in [0.3, 0.4) is 0 Å². The Balaban J connectivity index is 2.48. The van der Waals surface area contributed by atoms with Gasteiger partial charge in [-0.1, -0.05) is 0 Å². The molecule has 0 bridgehead atoms. The third-order valence-corrected chi connectivity index (χ3v) is 2.73. The van der Waals surface area contributed by atoms with Crippen LogP contribution in [0, 0.1) is 4.91 Å². The Morgan fingerprint density at radius 1 is 1.63 bits per heavy atom. The molecule has 12 heteroatoms. The molecule has 1 rings (SSSR count). The first-order chi connectivity index (χ1) is 8.87. The molecule has 1 aliphatic rings. The van der Waals surface area contributed by atoms with Gasteiger partial charge in [0.15, 0.2) is 0 Å². The summed E-state index contributed by atoms with van der Waals surface area (Å²) in [5.41, 5.74) is 0. The molecular weight excluding hydrogens is 284 g/mol. The molecule has 0 aromatic rings. The number of nitrogens with one attached hydrogen (secondary N) is 1. The first-order valence-electron chi connectivity index (χ1n) is 5.26. The van der Waals surface area contributed by atoms with Gasteiger partial charge in [0.25, 0.3) is 0 Å². The average molecular weight is 298 g/mol. The predicted octanol–water partition coefficient (Wildman–Crippen LogP) is -0.560. The summed E-state index contributed by atoms with van der Waals surface area (Å²) in [4.78, 5) is 26.1. The summed E-state index contributed by atoms with van der Waals surface area (Å²) in [6, 6.07) is -1.35. The number of nitrogens with zero attached hydrogens (tertiary/aromatic N) is 3. The van der Waals surface area contributed by atoms with Crippen molar-refractivity contribution in [2.75, 3.05) is 20.2 Å². The number of hydrogen-bond donors (Lipinski definition) is 2. The van der Waals surface area contributed by atoms with E-state index in [4.69, 9.17) is 4.55 Å². The first kappa shape index (κ1) is 15.6.